The summed E-state index contributed by atoms with van der Waals surface area (Å²) in [7, 11) is 0. The molecule has 2 rings (SSSR count). The van der Waals surface area contributed by atoms with Gasteiger partial charge in [0, 0.05) is 5.92 Å². The second-order valence-corrected chi connectivity index (χ2v) is 5.86. The normalized spacial score (nSPS) is 18.1. The molecule has 1 aliphatic carbocycles. The Morgan fingerprint density at radius 1 is 1.11 bits per heavy atom. The van der Waals surface area contributed by atoms with Gasteiger partial charge in [0.05, 0.1) is 10.0 Å². The summed E-state index contributed by atoms with van der Waals surface area (Å²) in [6, 6.07) is 4.95. The quantitative estimate of drug-likeness (QED) is 0.692. The maximum Gasteiger partial charge on any atom is 0.168 e. The first-order valence-corrected chi connectivity index (χ1v) is 7.47. The van der Waals surface area contributed by atoms with E-state index in [0.29, 0.717) is 4.47 Å². The minimum Gasteiger partial charge on any atom is -0.294 e. The Balaban J connectivity index is 2.16. The molecule has 0 N–H and O–H groups in total. The molecule has 1 aromatic rings. The van der Waals surface area contributed by atoms with Crippen molar-refractivity contribution in [2.75, 3.05) is 0 Å². The number of carbonyl (C=O) groups is 1. The van der Waals surface area contributed by atoms with E-state index < -0.39 is 5.82 Å². The van der Waals surface area contributed by atoms with Gasteiger partial charge in [-0.25, -0.2) is 4.39 Å². The molecule has 0 unspecified atom stereocenters. The van der Waals surface area contributed by atoms with E-state index in [0.717, 1.165) is 25.7 Å². The molecule has 18 heavy (non-hydrogen) atoms. The summed E-state index contributed by atoms with van der Waals surface area (Å²) in [5, 5.41) is 0. The molecule has 0 heterocycles. The van der Waals surface area contributed by atoms with Gasteiger partial charge >= 0.3 is 0 Å². The van der Waals surface area contributed by atoms with Crippen LogP contribution in [0, 0.1) is 11.7 Å². The van der Waals surface area contributed by atoms with Gasteiger partial charge in [-0.05, 0) is 40.9 Å². The second-order valence-electron chi connectivity index (χ2n) is 5.01. The fraction of sp³-hybridized carbons (Fsp3) is 0.533. The van der Waals surface area contributed by atoms with Crippen molar-refractivity contribution in [3.05, 3.63) is 34.1 Å². The van der Waals surface area contributed by atoms with Crippen LogP contribution in [0.5, 0.6) is 0 Å². The van der Waals surface area contributed by atoms with Gasteiger partial charge < -0.3 is 0 Å². The number of ketones is 1. The lowest BCUT2D eigenvalue weighted by Gasteiger charge is -2.18. The van der Waals surface area contributed by atoms with E-state index in [1.807, 2.05) is 0 Å². The van der Waals surface area contributed by atoms with Crippen LogP contribution in [0.25, 0.3) is 0 Å². The summed E-state index contributed by atoms with van der Waals surface area (Å²) in [4.78, 5) is 12.4. The number of benzene rings is 1. The van der Waals surface area contributed by atoms with Crippen molar-refractivity contribution in [3.8, 4) is 0 Å². The van der Waals surface area contributed by atoms with Crippen molar-refractivity contribution in [1.29, 1.82) is 0 Å². The van der Waals surface area contributed by atoms with Crippen molar-refractivity contribution < 1.29 is 9.18 Å². The monoisotopic (exact) mass is 312 g/mol. The fourth-order valence-corrected chi connectivity index (χ4v) is 3.00. The number of rotatable bonds is 2. The molecule has 0 atom stereocenters. The third-order valence-corrected chi connectivity index (χ3v) is 4.31. The first-order valence-electron chi connectivity index (χ1n) is 6.68. The Labute approximate surface area is 116 Å². The molecule has 0 bridgehead atoms. The highest BCUT2D eigenvalue weighted by Gasteiger charge is 2.23. The summed E-state index contributed by atoms with van der Waals surface area (Å²) < 4.78 is 14.3. The molecular weight excluding hydrogens is 295 g/mol. The molecule has 0 aromatic heterocycles. The molecule has 1 saturated carbocycles. The van der Waals surface area contributed by atoms with E-state index in [-0.39, 0.29) is 17.3 Å². The largest absolute Gasteiger partial charge is 0.294 e. The summed E-state index contributed by atoms with van der Waals surface area (Å²) in [6.45, 7) is 0. The van der Waals surface area contributed by atoms with Gasteiger partial charge in [0.25, 0.3) is 0 Å². The maximum absolute atomic E-state index is 13.9. The second kappa shape index (κ2) is 6.46. The van der Waals surface area contributed by atoms with Gasteiger partial charge in [-0.2, -0.15) is 0 Å². The highest BCUT2D eigenvalue weighted by Crippen LogP contribution is 2.28. The predicted octanol–water partition coefficient (Wildman–Crippen LogP) is 5.13. The Morgan fingerprint density at radius 3 is 2.39 bits per heavy atom. The molecule has 1 aliphatic rings. The summed E-state index contributed by atoms with van der Waals surface area (Å²) >= 11 is 3.14. The smallest absolute Gasteiger partial charge is 0.168 e. The molecule has 1 aromatic carbocycles. The first-order chi connectivity index (χ1) is 8.70. The van der Waals surface area contributed by atoms with Crippen LogP contribution in [0.4, 0.5) is 4.39 Å². The molecule has 1 nitrogen and oxygen atoms in total. The molecular formula is C15H18BrFO. The van der Waals surface area contributed by atoms with Crippen LogP contribution in [-0.2, 0) is 0 Å². The number of hydrogen-bond donors (Lipinski definition) is 0. The molecule has 98 valence electrons. The molecule has 0 radical (unpaired) electrons. The van der Waals surface area contributed by atoms with Gasteiger partial charge in [0.15, 0.2) is 5.78 Å². The lowest BCUT2D eigenvalue weighted by molar-refractivity contribution is 0.0894. The van der Waals surface area contributed by atoms with Crippen molar-refractivity contribution in [2.24, 2.45) is 5.92 Å². The Morgan fingerprint density at radius 2 is 1.72 bits per heavy atom. The third kappa shape index (κ3) is 3.19. The van der Waals surface area contributed by atoms with Crippen LogP contribution in [0.3, 0.4) is 0 Å². The molecule has 0 aliphatic heterocycles. The first kappa shape index (κ1) is 13.7. The molecule has 0 spiro atoms. The van der Waals surface area contributed by atoms with Gasteiger partial charge in [-0.1, -0.05) is 38.2 Å². The van der Waals surface area contributed by atoms with Crippen LogP contribution in [0.2, 0.25) is 0 Å². The maximum atomic E-state index is 13.9. The average molecular weight is 313 g/mol. The predicted molar refractivity (Wildman–Crippen MR) is 74.2 cm³/mol. The minimum atomic E-state index is -0.412. The summed E-state index contributed by atoms with van der Waals surface area (Å²) in [5.74, 6) is -0.422. The van der Waals surface area contributed by atoms with E-state index in [9.17, 15) is 9.18 Å². The zero-order chi connectivity index (χ0) is 13.0. The number of carbonyl (C=O) groups excluding carboxylic acids is 1. The highest BCUT2D eigenvalue weighted by atomic mass is 79.9. The number of Topliss-reactive ketones (excluding diaryl/α,β-unsaturated/α-hetero) is 1. The van der Waals surface area contributed by atoms with E-state index >= 15 is 0 Å². The van der Waals surface area contributed by atoms with Crippen LogP contribution in [0.1, 0.15) is 55.3 Å². The standard InChI is InChI=1S/C15H18BrFO/c16-13-10-6-9-12(14(13)17)15(18)11-7-4-2-1-3-5-8-11/h6,9-11H,1-5,7-8H2. The van der Waals surface area contributed by atoms with Crippen LogP contribution >= 0.6 is 15.9 Å². The van der Waals surface area contributed by atoms with Gasteiger partial charge in [-0.15, -0.1) is 0 Å². The van der Waals surface area contributed by atoms with Crippen molar-refractivity contribution in [2.45, 2.75) is 44.9 Å². The highest BCUT2D eigenvalue weighted by molar-refractivity contribution is 9.10. The molecule has 0 saturated heterocycles. The number of halogens is 2. The summed E-state index contributed by atoms with van der Waals surface area (Å²) in [6.07, 6.45) is 7.66. The van der Waals surface area contributed by atoms with E-state index in [1.165, 1.54) is 19.3 Å². The van der Waals surface area contributed by atoms with Crippen LogP contribution in [0.15, 0.2) is 22.7 Å². The average Bonchev–Trinajstić information content (AvgIpc) is 2.31. The van der Waals surface area contributed by atoms with E-state index in [4.69, 9.17) is 0 Å². The molecule has 3 heteroatoms. The minimum absolute atomic E-state index is 0.00843. The van der Waals surface area contributed by atoms with Crippen LogP contribution < -0.4 is 0 Å². The zero-order valence-electron chi connectivity index (χ0n) is 10.4. The van der Waals surface area contributed by atoms with Crippen LogP contribution in [-0.4, -0.2) is 5.78 Å². The lowest BCUT2D eigenvalue weighted by atomic mass is 9.85. The topological polar surface area (TPSA) is 17.1 Å². The van der Waals surface area contributed by atoms with E-state index in [1.54, 1.807) is 18.2 Å². The third-order valence-electron chi connectivity index (χ3n) is 3.69. The molecule has 1 fully saturated rings. The SMILES string of the molecule is O=C(c1cccc(Br)c1F)C1CCCCCCC1. The zero-order valence-corrected chi connectivity index (χ0v) is 12.0. The van der Waals surface area contributed by atoms with Gasteiger partial charge in [0.2, 0.25) is 0 Å². The van der Waals surface area contributed by atoms with Crippen molar-refractivity contribution in [3.63, 3.8) is 0 Å². The Bertz CT molecular complexity index is 423. The Kier molecular flexibility index (Phi) is 4.93. The lowest BCUT2D eigenvalue weighted by Crippen LogP contribution is -2.17. The van der Waals surface area contributed by atoms with Gasteiger partial charge in [-0.3, -0.25) is 4.79 Å². The Hall–Kier alpha value is -0.700. The molecule has 0 amide bonds. The van der Waals surface area contributed by atoms with E-state index in [2.05, 4.69) is 15.9 Å². The van der Waals surface area contributed by atoms with Crippen molar-refractivity contribution in [1.82, 2.24) is 0 Å². The van der Waals surface area contributed by atoms with Gasteiger partial charge in [0.1, 0.15) is 5.82 Å². The fourth-order valence-electron chi connectivity index (χ4n) is 2.63. The summed E-state index contributed by atoms with van der Waals surface area (Å²) in [5.41, 5.74) is 0.245. The number of hydrogen-bond acceptors (Lipinski definition) is 1. The van der Waals surface area contributed by atoms with Crippen molar-refractivity contribution >= 4 is 21.7 Å².